The van der Waals surface area contributed by atoms with Gasteiger partial charge in [-0.3, -0.25) is 9.89 Å². The third-order valence-electron chi connectivity index (χ3n) is 8.34. The highest BCUT2D eigenvalue weighted by Gasteiger charge is 2.29. The number of carbonyl (C=O) groups is 1. The van der Waals surface area contributed by atoms with Crippen molar-refractivity contribution in [2.24, 2.45) is 0 Å². The lowest BCUT2D eigenvalue weighted by atomic mass is 9.90. The van der Waals surface area contributed by atoms with Gasteiger partial charge >= 0.3 is 0 Å². The van der Waals surface area contributed by atoms with Gasteiger partial charge in [0.25, 0.3) is 0 Å². The van der Waals surface area contributed by atoms with Crippen LogP contribution in [0, 0.1) is 5.82 Å². The largest absolute Gasteiger partial charge is 0.381 e. The first kappa shape index (κ1) is 24.8. The summed E-state index contributed by atoms with van der Waals surface area (Å²) in [4.78, 5) is 20.8. The molecule has 1 N–H and O–H groups in total. The quantitative estimate of drug-likeness (QED) is 0.337. The van der Waals surface area contributed by atoms with Crippen molar-refractivity contribution in [3.05, 3.63) is 72.4 Å². The van der Waals surface area contributed by atoms with Crippen molar-refractivity contribution in [3.8, 4) is 16.8 Å². The van der Waals surface area contributed by atoms with E-state index in [0.717, 1.165) is 70.4 Å². The number of fused-ring (bicyclic) bond motifs is 2. The van der Waals surface area contributed by atoms with Crippen molar-refractivity contribution in [2.45, 2.75) is 25.7 Å². The molecule has 0 atom stereocenters. The summed E-state index contributed by atoms with van der Waals surface area (Å²) in [6, 6.07) is 15.3. The van der Waals surface area contributed by atoms with Gasteiger partial charge < -0.3 is 19.1 Å². The monoisotopic (exact) mass is 538 g/mol. The molecule has 40 heavy (non-hydrogen) atoms. The van der Waals surface area contributed by atoms with Crippen LogP contribution in [-0.2, 0) is 9.53 Å². The molecule has 0 spiro atoms. The van der Waals surface area contributed by atoms with E-state index in [1.165, 1.54) is 17.8 Å². The molecule has 2 aliphatic rings. The first-order valence-electron chi connectivity index (χ1n) is 13.9. The number of benzene rings is 2. The second-order valence-corrected chi connectivity index (χ2v) is 10.7. The van der Waals surface area contributed by atoms with Crippen LogP contribution in [0.1, 0.15) is 31.4 Å². The second kappa shape index (κ2) is 10.1. The van der Waals surface area contributed by atoms with E-state index in [1.54, 1.807) is 6.92 Å². The predicted octanol–water partition coefficient (Wildman–Crippen LogP) is 5.27. The maximum Gasteiger partial charge on any atom is 0.219 e. The molecule has 2 aliphatic heterocycles. The normalized spacial score (nSPS) is 16.8. The summed E-state index contributed by atoms with van der Waals surface area (Å²) >= 11 is 0. The molecule has 3 aromatic heterocycles. The van der Waals surface area contributed by atoms with Crippen LogP contribution in [0.5, 0.6) is 0 Å². The van der Waals surface area contributed by atoms with Crippen LogP contribution in [0.3, 0.4) is 0 Å². The third kappa shape index (κ3) is 4.30. The molecule has 0 unspecified atom stereocenters. The van der Waals surface area contributed by atoms with Crippen molar-refractivity contribution in [3.63, 3.8) is 0 Å². The summed E-state index contributed by atoms with van der Waals surface area (Å²) in [6.45, 7) is 5.99. The number of carbonyl (C=O) groups excluding carboxylic acids is 1. The Balaban J connectivity index is 1.39. The number of halogens is 1. The lowest BCUT2D eigenvalue weighted by molar-refractivity contribution is -0.129. The molecule has 7 rings (SSSR count). The fourth-order valence-electron chi connectivity index (χ4n) is 6.25. The van der Waals surface area contributed by atoms with Gasteiger partial charge in [-0.05, 0) is 61.4 Å². The summed E-state index contributed by atoms with van der Waals surface area (Å²) in [6.07, 6.45) is 5.63. The van der Waals surface area contributed by atoms with E-state index in [4.69, 9.17) is 9.72 Å². The van der Waals surface area contributed by atoms with Gasteiger partial charge in [0, 0.05) is 91.7 Å². The van der Waals surface area contributed by atoms with Gasteiger partial charge in [-0.1, -0.05) is 0 Å². The number of aromatic amines is 1. The topological polar surface area (TPSA) is 79.3 Å². The third-order valence-corrected chi connectivity index (χ3v) is 8.34. The van der Waals surface area contributed by atoms with Gasteiger partial charge in [0.15, 0.2) is 0 Å². The summed E-state index contributed by atoms with van der Waals surface area (Å²) in [5, 5.41) is 9.53. The Hall–Kier alpha value is -4.24. The lowest BCUT2D eigenvalue weighted by Crippen LogP contribution is -2.48. The Bertz CT molecular complexity index is 1680. The molecule has 9 heteroatoms. The average molecular weight is 539 g/mol. The molecule has 0 saturated carbocycles. The van der Waals surface area contributed by atoms with Gasteiger partial charge in [-0.2, -0.15) is 5.10 Å². The van der Waals surface area contributed by atoms with Gasteiger partial charge in [-0.25, -0.2) is 9.37 Å². The summed E-state index contributed by atoms with van der Waals surface area (Å²) in [5.74, 6) is 1.05. The zero-order valence-corrected chi connectivity index (χ0v) is 22.4. The number of piperazine rings is 1. The molecular weight excluding hydrogens is 507 g/mol. The van der Waals surface area contributed by atoms with Gasteiger partial charge in [-0.15, -0.1) is 0 Å². The maximum atomic E-state index is 14.0. The van der Waals surface area contributed by atoms with Crippen LogP contribution in [-0.4, -0.2) is 69.9 Å². The molecule has 5 aromatic rings. The molecule has 2 aromatic carbocycles. The Labute approximate surface area is 231 Å². The van der Waals surface area contributed by atoms with Gasteiger partial charge in [0.2, 0.25) is 5.91 Å². The van der Waals surface area contributed by atoms with E-state index in [1.807, 2.05) is 29.4 Å². The Morgan fingerprint density at radius 2 is 1.77 bits per heavy atom. The van der Waals surface area contributed by atoms with Gasteiger partial charge in [0.05, 0.1) is 17.2 Å². The lowest BCUT2D eigenvalue weighted by Gasteiger charge is -2.35. The highest BCUT2D eigenvalue weighted by molar-refractivity contribution is 6.05. The average Bonchev–Trinajstić information content (AvgIpc) is 3.59. The Morgan fingerprint density at radius 3 is 2.48 bits per heavy atom. The number of pyridine rings is 1. The van der Waals surface area contributed by atoms with E-state index in [0.29, 0.717) is 26.3 Å². The molecule has 204 valence electrons. The molecule has 2 saturated heterocycles. The van der Waals surface area contributed by atoms with Crippen LogP contribution in [0.25, 0.3) is 38.6 Å². The molecule has 8 nitrogen and oxygen atoms in total. The van der Waals surface area contributed by atoms with E-state index >= 15 is 0 Å². The number of hydrogen-bond donors (Lipinski definition) is 1. The molecule has 2 fully saturated rings. The predicted molar refractivity (Wildman–Crippen MR) is 153 cm³/mol. The van der Waals surface area contributed by atoms with Crippen LogP contribution in [0.2, 0.25) is 0 Å². The number of hydrogen-bond acceptors (Lipinski definition) is 5. The Kier molecular flexibility index (Phi) is 6.23. The summed E-state index contributed by atoms with van der Waals surface area (Å²) in [5.41, 5.74) is 6.34. The number of amides is 1. The maximum absolute atomic E-state index is 14.0. The first-order chi connectivity index (χ1) is 19.6. The molecule has 0 aliphatic carbocycles. The van der Waals surface area contributed by atoms with E-state index in [9.17, 15) is 9.18 Å². The molecule has 5 heterocycles. The number of H-pyrrole nitrogens is 1. The smallest absolute Gasteiger partial charge is 0.219 e. The number of ether oxygens (including phenoxy) is 1. The zero-order valence-electron chi connectivity index (χ0n) is 22.4. The van der Waals surface area contributed by atoms with Crippen molar-refractivity contribution in [2.75, 3.05) is 44.3 Å². The van der Waals surface area contributed by atoms with Gasteiger partial charge in [0.1, 0.15) is 11.6 Å². The highest BCUT2D eigenvalue weighted by atomic mass is 19.1. The standard InChI is InChI=1S/C31H31FN6O2/c1-20(39)36-10-12-37(13-11-36)29-7-2-22(18-33-29)30-26-17-27-23(19-34-35-27)16-28(26)38(25-5-3-24(32)4-6-25)31(30)21-8-14-40-15-9-21/h2-7,16-19,21H,8-15H2,1H3,(H,34,35). The minimum atomic E-state index is -0.255. The van der Waals surface area contributed by atoms with E-state index in [2.05, 4.69) is 43.9 Å². The fraction of sp³-hybridized carbons (Fsp3) is 0.323. The molecular formula is C31H31FN6O2. The molecule has 0 radical (unpaired) electrons. The summed E-state index contributed by atoms with van der Waals surface area (Å²) in [7, 11) is 0. The molecule has 0 bridgehead atoms. The van der Waals surface area contributed by atoms with E-state index in [-0.39, 0.29) is 17.6 Å². The van der Waals surface area contributed by atoms with Crippen molar-refractivity contribution < 1.29 is 13.9 Å². The van der Waals surface area contributed by atoms with Crippen LogP contribution in [0.4, 0.5) is 10.2 Å². The number of nitrogens with zero attached hydrogens (tertiary/aromatic N) is 5. The van der Waals surface area contributed by atoms with Crippen molar-refractivity contribution in [1.29, 1.82) is 0 Å². The minimum absolute atomic E-state index is 0.118. The Morgan fingerprint density at radius 1 is 1.00 bits per heavy atom. The number of anilines is 1. The van der Waals surface area contributed by atoms with Crippen LogP contribution < -0.4 is 4.90 Å². The highest BCUT2D eigenvalue weighted by Crippen LogP contribution is 2.44. The van der Waals surface area contributed by atoms with E-state index < -0.39 is 0 Å². The number of rotatable bonds is 4. The van der Waals surface area contributed by atoms with Crippen molar-refractivity contribution in [1.82, 2.24) is 24.6 Å². The fourth-order valence-corrected chi connectivity index (χ4v) is 6.25. The van der Waals surface area contributed by atoms with Crippen LogP contribution >= 0.6 is 0 Å². The van der Waals surface area contributed by atoms with Crippen LogP contribution in [0.15, 0.2) is 60.9 Å². The second-order valence-electron chi connectivity index (χ2n) is 10.7. The van der Waals surface area contributed by atoms with Crippen molar-refractivity contribution >= 4 is 33.5 Å². The SMILES string of the molecule is CC(=O)N1CCN(c2ccc(-c3c(C4CCOCC4)n(-c4ccc(F)cc4)c4cc5cn[nH]c5cc34)cn2)CC1. The molecule has 1 amide bonds. The first-order valence-corrected chi connectivity index (χ1v) is 13.9. The summed E-state index contributed by atoms with van der Waals surface area (Å²) < 4.78 is 22.0. The minimum Gasteiger partial charge on any atom is -0.381 e. The number of nitrogens with one attached hydrogen (secondary N) is 1. The zero-order chi connectivity index (χ0) is 27.2. The number of aromatic nitrogens is 4.